The van der Waals surface area contributed by atoms with Crippen LogP contribution in [0.15, 0.2) is 36.4 Å². The molecular formula is C20H17N3O. The Morgan fingerprint density at radius 3 is 2.88 bits per heavy atom. The Morgan fingerprint density at radius 2 is 2.04 bits per heavy atom. The van der Waals surface area contributed by atoms with Gasteiger partial charge in [0.05, 0.1) is 22.8 Å². The summed E-state index contributed by atoms with van der Waals surface area (Å²) in [5, 5.41) is 17.8. The van der Waals surface area contributed by atoms with Gasteiger partial charge in [0.15, 0.2) is 0 Å². The molecule has 0 unspecified atom stereocenters. The fourth-order valence-electron chi connectivity index (χ4n) is 3.69. The molecule has 0 aliphatic heterocycles. The van der Waals surface area contributed by atoms with Gasteiger partial charge in [0, 0.05) is 11.3 Å². The molecule has 2 aliphatic rings. The molecule has 0 amide bonds. The van der Waals surface area contributed by atoms with Crippen LogP contribution in [-0.2, 0) is 6.42 Å². The van der Waals surface area contributed by atoms with Crippen LogP contribution >= 0.6 is 0 Å². The zero-order valence-corrected chi connectivity index (χ0v) is 13.2. The van der Waals surface area contributed by atoms with Crippen LogP contribution in [0.4, 0.5) is 0 Å². The molecule has 4 heteroatoms. The highest BCUT2D eigenvalue weighted by Crippen LogP contribution is 2.43. The summed E-state index contributed by atoms with van der Waals surface area (Å²) in [6.45, 7) is 0. The summed E-state index contributed by atoms with van der Waals surface area (Å²) in [5.74, 6) is 1.51. The second-order valence-corrected chi connectivity index (χ2v) is 6.76. The average Bonchev–Trinajstić information content (AvgIpc) is 3.25. The lowest BCUT2D eigenvalue weighted by Crippen LogP contribution is -2.03. The molecule has 1 saturated carbocycles. The van der Waals surface area contributed by atoms with Crippen molar-refractivity contribution in [2.75, 3.05) is 0 Å². The lowest BCUT2D eigenvalue weighted by molar-refractivity contribution is 0.208. The zero-order valence-electron chi connectivity index (χ0n) is 13.2. The first-order valence-electron chi connectivity index (χ1n) is 8.49. The van der Waals surface area contributed by atoms with E-state index in [4.69, 9.17) is 10.00 Å². The number of benzene rings is 2. The summed E-state index contributed by atoms with van der Waals surface area (Å²) >= 11 is 0. The maximum absolute atomic E-state index is 9.04. The van der Waals surface area contributed by atoms with Gasteiger partial charge in [0.1, 0.15) is 11.9 Å². The minimum Gasteiger partial charge on any atom is -0.486 e. The van der Waals surface area contributed by atoms with Crippen LogP contribution in [0.5, 0.6) is 5.75 Å². The topological polar surface area (TPSA) is 61.7 Å². The average molecular weight is 315 g/mol. The summed E-state index contributed by atoms with van der Waals surface area (Å²) in [5.41, 5.74) is 5.43. The van der Waals surface area contributed by atoms with Crippen molar-refractivity contribution in [1.82, 2.24) is 10.2 Å². The predicted molar refractivity (Wildman–Crippen MR) is 90.9 cm³/mol. The summed E-state index contributed by atoms with van der Waals surface area (Å²) in [4.78, 5) is 0. The van der Waals surface area contributed by atoms with Gasteiger partial charge in [-0.3, -0.25) is 5.10 Å². The molecule has 0 spiro atoms. The maximum atomic E-state index is 9.04. The standard InChI is InChI=1S/C20H17N3O/c21-11-12-1-6-16-14(9-12)4-8-19(16)24-15-5-7-18-17(10-15)20(23-22-18)13-2-3-13/h1,5-7,9-10,13,19H,2-4,8H2,(H,22,23)/t19-/m1/s1. The summed E-state index contributed by atoms with van der Waals surface area (Å²) < 4.78 is 6.28. The van der Waals surface area contributed by atoms with Crippen LogP contribution in [0.3, 0.4) is 0 Å². The third kappa shape index (κ3) is 2.16. The van der Waals surface area contributed by atoms with E-state index in [0.717, 1.165) is 29.7 Å². The number of fused-ring (bicyclic) bond motifs is 2. The smallest absolute Gasteiger partial charge is 0.124 e. The third-order valence-corrected chi connectivity index (χ3v) is 5.10. The second kappa shape index (κ2) is 5.10. The van der Waals surface area contributed by atoms with E-state index >= 15 is 0 Å². The monoisotopic (exact) mass is 315 g/mol. The highest BCUT2D eigenvalue weighted by Gasteiger charge is 2.28. The van der Waals surface area contributed by atoms with E-state index < -0.39 is 0 Å². The summed E-state index contributed by atoms with van der Waals surface area (Å²) in [6.07, 6.45) is 4.48. The van der Waals surface area contributed by atoms with Gasteiger partial charge in [-0.15, -0.1) is 0 Å². The minimum atomic E-state index is 0.0708. The molecule has 4 nitrogen and oxygen atoms in total. The van der Waals surface area contributed by atoms with Crippen molar-refractivity contribution in [3.63, 3.8) is 0 Å². The molecule has 0 saturated heterocycles. The van der Waals surface area contributed by atoms with Crippen LogP contribution < -0.4 is 4.74 Å². The number of aromatic nitrogens is 2. The van der Waals surface area contributed by atoms with E-state index in [0.29, 0.717) is 5.92 Å². The molecule has 5 rings (SSSR count). The van der Waals surface area contributed by atoms with Gasteiger partial charge in [-0.25, -0.2) is 0 Å². The molecular weight excluding hydrogens is 298 g/mol. The molecule has 2 aliphatic carbocycles. The van der Waals surface area contributed by atoms with E-state index in [1.54, 1.807) is 0 Å². The van der Waals surface area contributed by atoms with E-state index in [-0.39, 0.29) is 6.10 Å². The van der Waals surface area contributed by atoms with Crippen molar-refractivity contribution < 1.29 is 4.74 Å². The molecule has 1 fully saturated rings. The van der Waals surface area contributed by atoms with Crippen LogP contribution in [0.1, 0.15) is 53.7 Å². The number of hydrogen-bond acceptors (Lipinski definition) is 3. The number of hydrogen-bond donors (Lipinski definition) is 1. The van der Waals surface area contributed by atoms with Crippen molar-refractivity contribution in [2.24, 2.45) is 0 Å². The van der Waals surface area contributed by atoms with Gasteiger partial charge in [0.2, 0.25) is 0 Å². The summed E-state index contributed by atoms with van der Waals surface area (Å²) in [6, 6.07) is 14.3. The van der Waals surface area contributed by atoms with E-state index in [9.17, 15) is 0 Å². The summed E-state index contributed by atoms with van der Waals surface area (Å²) in [7, 11) is 0. The largest absolute Gasteiger partial charge is 0.486 e. The van der Waals surface area contributed by atoms with E-state index in [2.05, 4.69) is 28.4 Å². The minimum absolute atomic E-state index is 0.0708. The number of nitrogens with one attached hydrogen (secondary N) is 1. The predicted octanol–water partition coefficient (Wildman–Crippen LogP) is 4.38. The molecule has 118 valence electrons. The SMILES string of the molecule is N#Cc1ccc2c(c1)CC[C@H]2Oc1ccc2[nH]nc(C3CC3)c2c1. The second-order valence-electron chi connectivity index (χ2n) is 6.76. The third-order valence-electron chi connectivity index (χ3n) is 5.10. The Labute approximate surface area is 140 Å². The molecule has 24 heavy (non-hydrogen) atoms. The zero-order chi connectivity index (χ0) is 16.1. The number of ether oxygens (including phenoxy) is 1. The number of nitriles is 1. The molecule has 1 heterocycles. The fraction of sp³-hybridized carbons (Fsp3) is 0.300. The molecule has 1 aromatic heterocycles. The number of rotatable bonds is 3. The molecule has 1 atom stereocenters. The lowest BCUT2D eigenvalue weighted by Gasteiger charge is -2.15. The first kappa shape index (κ1) is 13.6. The molecule has 1 N–H and O–H groups in total. The van der Waals surface area contributed by atoms with Gasteiger partial charge in [0.25, 0.3) is 0 Å². The van der Waals surface area contributed by atoms with Gasteiger partial charge >= 0.3 is 0 Å². The van der Waals surface area contributed by atoms with Gasteiger partial charge in [-0.1, -0.05) is 6.07 Å². The number of aryl methyl sites for hydroxylation is 1. The van der Waals surface area contributed by atoms with Gasteiger partial charge in [-0.2, -0.15) is 10.4 Å². The van der Waals surface area contributed by atoms with Gasteiger partial charge in [-0.05, 0) is 67.1 Å². The van der Waals surface area contributed by atoms with E-state index in [1.165, 1.54) is 35.0 Å². The maximum Gasteiger partial charge on any atom is 0.124 e. The Morgan fingerprint density at radius 1 is 1.12 bits per heavy atom. The van der Waals surface area contributed by atoms with Crippen LogP contribution in [0.2, 0.25) is 0 Å². The van der Waals surface area contributed by atoms with Crippen molar-refractivity contribution in [2.45, 2.75) is 37.7 Å². The lowest BCUT2D eigenvalue weighted by atomic mass is 10.1. The van der Waals surface area contributed by atoms with Gasteiger partial charge < -0.3 is 4.74 Å². The first-order chi connectivity index (χ1) is 11.8. The molecule has 3 aromatic rings. The Balaban J connectivity index is 1.46. The van der Waals surface area contributed by atoms with E-state index in [1.807, 2.05) is 24.3 Å². The van der Waals surface area contributed by atoms with Crippen molar-refractivity contribution in [3.8, 4) is 11.8 Å². The molecule has 0 radical (unpaired) electrons. The quantitative estimate of drug-likeness (QED) is 0.780. The first-order valence-corrected chi connectivity index (χ1v) is 8.49. The Hall–Kier alpha value is -2.80. The van der Waals surface area contributed by atoms with Crippen LogP contribution in [0, 0.1) is 11.3 Å². The Kier molecular flexibility index (Phi) is 2.90. The molecule has 0 bridgehead atoms. The van der Waals surface area contributed by atoms with Crippen molar-refractivity contribution in [3.05, 3.63) is 58.8 Å². The normalized spacial score (nSPS) is 19.2. The fourth-order valence-corrected chi connectivity index (χ4v) is 3.69. The Bertz CT molecular complexity index is 978. The number of nitrogens with zero attached hydrogens (tertiary/aromatic N) is 2. The molecule has 2 aromatic carbocycles. The van der Waals surface area contributed by atoms with Crippen molar-refractivity contribution >= 4 is 10.9 Å². The number of aromatic amines is 1. The highest BCUT2D eigenvalue weighted by atomic mass is 16.5. The van der Waals surface area contributed by atoms with Crippen LogP contribution in [-0.4, -0.2) is 10.2 Å². The van der Waals surface area contributed by atoms with Crippen molar-refractivity contribution in [1.29, 1.82) is 5.26 Å². The number of H-pyrrole nitrogens is 1. The van der Waals surface area contributed by atoms with Crippen LogP contribution in [0.25, 0.3) is 10.9 Å². The highest BCUT2D eigenvalue weighted by molar-refractivity contribution is 5.83.